The number of aliphatic carboxylic acids is 2. The molecule has 0 saturated carbocycles. The third-order valence-corrected chi connectivity index (χ3v) is 5.24. The Labute approximate surface area is 207 Å². The summed E-state index contributed by atoms with van der Waals surface area (Å²) in [5.41, 5.74) is 11.7. The molecule has 15 heteroatoms. The number of aliphatic hydroxyl groups is 1. The topological polar surface area (TPSA) is 263 Å². The number of hydrogen-bond acceptors (Lipinski definition) is 9. The first kappa shape index (κ1) is 30.5. The minimum absolute atomic E-state index is 0.144. The van der Waals surface area contributed by atoms with Crippen LogP contribution >= 0.6 is 0 Å². The molecular weight excluding hydrogens is 478 g/mol. The molecular formula is C21H35N7O8. The Morgan fingerprint density at radius 2 is 1.67 bits per heavy atom. The first-order valence-corrected chi connectivity index (χ1v) is 11.4. The zero-order chi connectivity index (χ0) is 27.3. The lowest BCUT2D eigenvalue weighted by atomic mass is 10.1. The lowest BCUT2D eigenvalue weighted by Crippen LogP contribution is -2.59. The van der Waals surface area contributed by atoms with Gasteiger partial charge in [-0.15, -0.1) is 0 Å². The van der Waals surface area contributed by atoms with Crippen LogP contribution in [0.5, 0.6) is 0 Å². The summed E-state index contributed by atoms with van der Waals surface area (Å²) in [4.78, 5) is 67.2. The Kier molecular flexibility index (Phi) is 13.1. The van der Waals surface area contributed by atoms with E-state index in [1.807, 2.05) is 0 Å². The second-order valence-corrected chi connectivity index (χ2v) is 8.29. The third kappa shape index (κ3) is 10.8. The van der Waals surface area contributed by atoms with Crippen molar-refractivity contribution in [3.63, 3.8) is 0 Å². The van der Waals surface area contributed by atoms with Crippen molar-refractivity contribution < 1.29 is 39.3 Å². The van der Waals surface area contributed by atoms with Gasteiger partial charge in [-0.05, 0) is 32.7 Å². The van der Waals surface area contributed by atoms with Crippen LogP contribution in [0.4, 0.5) is 0 Å². The number of carboxylic acid groups (broad SMARTS) is 2. The van der Waals surface area contributed by atoms with Gasteiger partial charge in [-0.3, -0.25) is 19.2 Å². The molecule has 0 bridgehead atoms. The fraction of sp³-hybridized carbons (Fsp3) is 0.619. The van der Waals surface area contributed by atoms with Gasteiger partial charge in [0.15, 0.2) is 0 Å². The number of rotatable bonds is 17. The van der Waals surface area contributed by atoms with E-state index in [0.717, 1.165) is 0 Å². The van der Waals surface area contributed by atoms with Gasteiger partial charge >= 0.3 is 11.9 Å². The summed E-state index contributed by atoms with van der Waals surface area (Å²) >= 11 is 0. The molecule has 36 heavy (non-hydrogen) atoms. The van der Waals surface area contributed by atoms with Crippen LogP contribution in [0.1, 0.15) is 44.7 Å². The second-order valence-electron chi connectivity index (χ2n) is 8.29. The van der Waals surface area contributed by atoms with E-state index < -0.39 is 66.4 Å². The van der Waals surface area contributed by atoms with Gasteiger partial charge < -0.3 is 47.7 Å². The van der Waals surface area contributed by atoms with Gasteiger partial charge in [-0.1, -0.05) is 6.42 Å². The number of amides is 3. The quantitative estimate of drug-likeness (QED) is 0.0960. The van der Waals surface area contributed by atoms with Crippen LogP contribution in [0.25, 0.3) is 0 Å². The van der Waals surface area contributed by atoms with Gasteiger partial charge in [-0.25, -0.2) is 9.78 Å². The third-order valence-electron chi connectivity index (χ3n) is 5.24. The van der Waals surface area contributed by atoms with Gasteiger partial charge in [0.25, 0.3) is 0 Å². The van der Waals surface area contributed by atoms with Crippen molar-refractivity contribution in [3.8, 4) is 0 Å². The number of carbonyl (C=O) groups is 5. The number of carbonyl (C=O) groups excluding carboxylic acids is 3. The highest BCUT2D eigenvalue weighted by Gasteiger charge is 2.32. The fourth-order valence-corrected chi connectivity index (χ4v) is 3.19. The SMILES string of the molecule is CC(O)C(NC(=O)C(N)CCCCN)C(=O)NC(CCC(=O)O)C(=O)NC(Cc1cnc[nH]1)C(=O)O. The lowest BCUT2D eigenvalue weighted by molar-refractivity contribution is -0.143. The number of imidazole rings is 1. The van der Waals surface area contributed by atoms with Crippen LogP contribution in [0.2, 0.25) is 0 Å². The maximum Gasteiger partial charge on any atom is 0.326 e. The van der Waals surface area contributed by atoms with Gasteiger partial charge in [0.05, 0.1) is 18.5 Å². The lowest BCUT2D eigenvalue weighted by Gasteiger charge is -2.26. The van der Waals surface area contributed by atoms with E-state index in [-0.39, 0.29) is 12.8 Å². The van der Waals surface area contributed by atoms with Crippen molar-refractivity contribution in [2.45, 2.75) is 75.7 Å². The number of H-pyrrole nitrogens is 1. The minimum Gasteiger partial charge on any atom is -0.481 e. The summed E-state index contributed by atoms with van der Waals surface area (Å²) in [7, 11) is 0. The Bertz CT molecular complexity index is 878. The molecule has 1 aromatic heterocycles. The van der Waals surface area contributed by atoms with Crippen LogP contribution in [0.3, 0.4) is 0 Å². The number of aromatic amines is 1. The number of aromatic nitrogens is 2. The Morgan fingerprint density at radius 1 is 1.00 bits per heavy atom. The van der Waals surface area contributed by atoms with E-state index in [0.29, 0.717) is 31.5 Å². The summed E-state index contributed by atoms with van der Waals surface area (Å²) < 4.78 is 0. The van der Waals surface area contributed by atoms with Gasteiger partial charge in [0.2, 0.25) is 17.7 Å². The molecule has 1 heterocycles. The average Bonchev–Trinajstić information content (AvgIpc) is 3.32. The molecule has 11 N–H and O–H groups in total. The monoisotopic (exact) mass is 513 g/mol. The molecule has 0 aliphatic heterocycles. The van der Waals surface area contributed by atoms with Gasteiger partial charge in [-0.2, -0.15) is 0 Å². The Balaban J connectivity index is 2.93. The first-order valence-electron chi connectivity index (χ1n) is 11.4. The summed E-state index contributed by atoms with van der Waals surface area (Å²) in [6.45, 7) is 1.67. The maximum atomic E-state index is 12.8. The summed E-state index contributed by atoms with van der Waals surface area (Å²) in [6.07, 6.45) is 1.82. The summed E-state index contributed by atoms with van der Waals surface area (Å²) in [6, 6.07) is -5.33. The zero-order valence-electron chi connectivity index (χ0n) is 20.0. The van der Waals surface area contributed by atoms with E-state index >= 15 is 0 Å². The van der Waals surface area contributed by atoms with Gasteiger partial charge in [0.1, 0.15) is 18.1 Å². The van der Waals surface area contributed by atoms with Crippen molar-refractivity contribution in [2.24, 2.45) is 11.5 Å². The molecule has 0 fully saturated rings. The number of carboxylic acids is 2. The highest BCUT2D eigenvalue weighted by molar-refractivity contribution is 5.94. The average molecular weight is 514 g/mol. The van der Waals surface area contributed by atoms with Crippen LogP contribution in [-0.4, -0.2) is 91.8 Å². The molecule has 15 nitrogen and oxygen atoms in total. The largest absolute Gasteiger partial charge is 0.481 e. The zero-order valence-corrected chi connectivity index (χ0v) is 20.0. The normalized spacial score (nSPS) is 15.1. The summed E-state index contributed by atoms with van der Waals surface area (Å²) in [5, 5.41) is 35.4. The molecule has 0 saturated heterocycles. The van der Waals surface area contributed by atoms with E-state index in [4.69, 9.17) is 16.6 Å². The molecule has 0 aromatic carbocycles. The highest BCUT2D eigenvalue weighted by atomic mass is 16.4. The van der Waals surface area contributed by atoms with Crippen molar-refractivity contribution in [3.05, 3.63) is 18.2 Å². The molecule has 0 aliphatic carbocycles. The van der Waals surface area contributed by atoms with E-state index in [1.54, 1.807) is 0 Å². The van der Waals surface area contributed by atoms with E-state index in [1.165, 1.54) is 19.4 Å². The van der Waals surface area contributed by atoms with Crippen molar-refractivity contribution >= 4 is 29.7 Å². The number of unbranched alkanes of at least 4 members (excludes halogenated alkanes) is 1. The fourth-order valence-electron chi connectivity index (χ4n) is 3.19. The van der Waals surface area contributed by atoms with E-state index in [2.05, 4.69) is 25.9 Å². The molecule has 3 amide bonds. The molecule has 5 unspecified atom stereocenters. The number of aliphatic hydroxyl groups excluding tert-OH is 1. The van der Waals surface area contributed by atoms with Crippen LogP contribution < -0.4 is 27.4 Å². The number of hydrogen-bond donors (Lipinski definition) is 9. The molecule has 202 valence electrons. The van der Waals surface area contributed by atoms with Crippen molar-refractivity contribution in [1.82, 2.24) is 25.9 Å². The van der Waals surface area contributed by atoms with Crippen LogP contribution in [0.15, 0.2) is 12.5 Å². The number of nitrogens with one attached hydrogen (secondary N) is 4. The second kappa shape index (κ2) is 15.4. The predicted molar refractivity (Wildman–Crippen MR) is 125 cm³/mol. The molecule has 0 radical (unpaired) electrons. The van der Waals surface area contributed by atoms with Crippen LogP contribution in [-0.2, 0) is 30.4 Å². The number of nitrogens with zero attached hydrogens (tertiary/aromatic N) is 1. The molecule has 1 aromatic rings. The first-order chi connectivity index (χ1) is 17.0. The molecule has 1 rings (SSSR count). The summed E-state index contributed by atoms with van der Waals surface area (Å²) in [5.74, 6) is -5.24. The van der Waals surface area contributed by atoms with Crippen LogP contribution in [0, 0.1) is 0 Å². The number of nitrogens with two attached hydrogens (primary N) is 2. The Morgan fingerprint density at radius 3 is 2.19 bits per heavy atom. The highest BCUT2D eigenvalue weighted by Crippen LogP contribution is 2.05. The standard InChI is InChI=1S/C21H35N7O8/c1-11(29)17(28-18(32)13(23)4-2-3-7-22)20(34)26-14(5-6-16(30)31)19(33)27-15(21(35)36)8-12-9-24-10-25-12/h9-11,13-15,17,29H,2-8,22-23H2,1H3,(H,24,25)(H,26,34)(H,27,33)(H,28,32)(H,30,31)(H,35,36). The van der Waals surface area contributed by atoms with Crippen molar-refractivity contribution in [2.75, 3.05) is 6.54 Å². The van der Waals surface area contributed by atoms with Gasteiger partial charge in [0, 0.05) is 24.7 Å². The molecule has 0 spiro atoms. The van der Waals surface area contributed by atoms with E-state index in [9.17, 15) is 34.2 Å². The molecule has 0 aliphatic rings. The maximum absolute atomic E-state index is 12.8. The minimum atomic E-state index is -1.50. The smallest absolute Gasteiger partial charge is 0.326 e. The predicted octanol–water partition coefficient (Wildman–Crippen LogP) is -2.81. The van der Waals surface area contributed by atoms with Crippen molar-refractivity contribution in [1.29, 1.82) is 0 Å². The molecule has 5 atom stereocenters. The Hall–Kier alpha value is -3.56.